The molecule has 0 atom stereocenters. The molecule has 0 aliphatic carbocycles. The van der Waals surface area contributed by atoms with Gasteiger partial charge in [0.15, 0.2) is 11.5 Å². The van der Waals surface area contributed by atoms with E-state index in [1.54, 1.807) is 12.1 Å². The van der Waals surface area contributed by atoms with Gasteiger partial charge in [0.25, 0.3) is 5.91 Å². The Balaban J connectivity index is 1.31. The zero-order valence-electron chi connectivity index (χ0n) is 21.8. The fourth-order valence-corrected chi connectivity index (χ4v) is 4.49. The summed E-state index contributed by atoms with van der Waals surface area (Å²) in [6, 6.07) is 16.6. The fraction of sp³-hybridized carbons (Fsp3) is 0.321. The van der Waals surface area contributed by atoms with E-state index in [0.29, 0.717) is 48.9 Å². The lowest BCUT2D eigenvalue weighted by molar-refractivity contribution is -0.140. The van der Waals surface area contributed by atoms with Crippen LogP contribution >= 0.6 is 0 Å². The van der Waals surface area contributed by atoms with Crippen molar-refractivity contribution in [2.45, 2.75) is 19.3 Å². The molecule has 10 heteroatoms. The highest BCUT2D eigenvalue weighted by Gasteiger charge is 2.31. The van der Waals surface area contributed by atoms with E-state index in [9.17, 15) is 14.4 Å². The summed E-state index contributed by atoms with van der Waals surface area (Å²) in [5.41, 5.74) is 1.50. The fourth-order valence-electron chi connectivity index (χ4n) is 4.49. The number of ether oxygens (including phenoxy) is 3. The van der Waals surface area contributed by atoms with E-state index in [-0.39, 0.29) is 30.8 Å². The smallest absolute Gasteiger partial charge is 0.340 e. The Morgan fingerprint density at radius 3 is 2.26 bits per heavy atom. The maximum atomic E-state index is 13.0. The Morgan fingerprint density at radius 2 is 1.55 bits per heavy atom. The molecule has 3 aromatic carbocycles. The molecular formula is C28H32N4O6. The zero-order valence-corrected chi connectivity index (χ0v) is 21.8. The predicted octanol–water partition coefficient (Wildman–Crippen LogP) is 3.60. The molecule has 1 aliphatic rings. The van der Waals surface area contributed by atoms with Crippen LogP contribution in [0, 0.1) is 0 Å². The maximum Gasteiger partial charge on any atom is 0.340 e. The second-order valence-electron chi connectivity index (χ2n) is 8.76. The molecule has 4 rings (SSSR count). The Labute approximate surface area is 221 Å². The summed E-state index contributed by atoms with van der Waals surface area (Å²) in [6.07, 6.45) is 1.24. The highest BCUT2D eigenvalue weighted by molar-refractivity contribution is 6.02. The number of fused-ring (bicyclic) bond motifs is 1. The minimum Gasteiger partial charge on any atom is -0.493 e. The van der Waals surface area contributed by atoms with Gasteiger partial charge in [0.1, 0.15) is 0 Å². The normalized spacial score (nSPS) is 12.8. The number of urea groups is 1. The molecule has 1 aliphatic heterocycles. The van der Waals surface area contributed by atoms with Crippen LogP contribution in [0.5, 0.6) is 17.2 Å². The van der Waals surface area contributed by atoms with Gasteiger partial charge in [0.2, 0.25) is 11.7 Å². The van der Waals surface area contributed by atoms with Crippen LogP contribution < -0.4 is 24.8 Å². The first-order valence-electron chi connectivity index (χ1n) is 12.4. The molecule has 10 nitrogen and oxygen atoms in total. The van der Waals surface area contributed by atoms with Crippen LogP contribution in [0.15, 0.2) is 54.6 Å². The molecule has 0 saturated carbocycles. The third kappa shape index (κ3) is 5.91. The van der Waals surface area contributed by atoms with Crippen LogP contribution in [-0.4, -0.2) is 68.8 Å². The molecule has 0 unspecified atom stereocenters. The number of nitrogens with one attached hydrogen (secondary N) is 2. The molecule has 38 heavy (non-hydrogen) atoms. The number of amides is 4. The van der Waals surface area contributed by atoms with Gasteiger partial charge in [-0.25, -0.2) is 14.8 Å². The predicted molar refractivity (Wildman–Crippen MR) is 143 cm³/mol. The summed E-state index contributed by atoms with van der Waals surface area (Å²) >= 11 is 0. The minimum absolute atomic E-state index is 0.164. The maximum absolute atomic E-state index is 13.0. The summed E-state index contributed by atoms with van der Waals surface area (Å²) < 4.78 is 16.0. The van der Waals surface area contributed by atoms with Crippen LogP contribution in [0.2, 0.25) is 0 Å². The number of carbonyl (C=O) groups is 3. The van der Waals surface area contributed by atoms with Crippen molar-refractivity contribution in [3.05, 3.63) is 60.2 Å². The third-order valence-electron chi connectivity index (χ3n) is 6.39. The average molecular weight is 521 g/mol. The SMILES string of the molecule is COc1cc(CCC(=O)NCC(=O)N2CCCN2C(=O)Nc2cccc3ccccc23)cc(OC)c1OC. The van der Waals surface area contributed by atoms with Crippen LogP contribution in [0.3, 0.4) is 0 Å². The van der Waals surface area contributed by atoms with Crippen LogP contribution in [0.1, 0.15) is 18.4 Å². The molecule has 0 spiro atoms. The van der Waals surface area contributed by atoms with E-state index < -0.39 is 0 Å². The zero-order chi connectivity index (χ0) is 27.1. The second kappa shape index (κ2) is 12.2. The van der Waals surface area contributed by atoms with E-state index in [4.69, 9.17) is 14.2 Å². The van der Waals surface area contributed by atoms with Gasteiger partial charge in [-0.3, -0.25) is 9.59 Å². The molecule has 2 N–H and O–H groups in total. The van der Waals surface area contributed by atoms with Crippen molar-refractivity contribution in [2.75, 3.05) is 46.3 Å². The Bertz CT molecular complexity index is 1300. The van der Waals surface area contributed by atoms with Gasteiger partial charge in [-0.1, -0.05) is 36.4 Å². The van der Waals surface area contributed by atoms with Gasteiger partial charge in [-0.15, -0.1) is 0 Å². The van der Waals surface area contributed by atoms with Gasteiger partial charge in [0.05, 0.1) is 33.6 Å². The van der Waals surface area contributed by atoms with Gasteiger partial charge in [0, 0.05) is 24.9 Å². The van der Waals surface area contributed by atoms with Gasteiger partial charge < -0.3 is 24.8 Å². The summed E-state index contributed by atoms with van der Waals surface area (Å²) in [4.78, 5) is 38.4. The standard InChI is InChI=1S/C28H32N4O6/c1-36-23-16-19(17-24(37-2)27(23)38-3)12-13-25(33)29-18-26(34)31-14-7-15-32(31)28(35)30-22-11-6-9-20-8-4-5-10-21(20)22/h4-6,8-11,16-17H,7,12-15,18H2,1-3H3,(H,29,33)(H,30,35). The summed E-state index contributed by atoms with van der Waals surface area (Å²) in [6.45, 7) is 0.618. The lowest BCUT2D eigenvalue weighted by Crippen LogP contribution is -2.50. The average Bonchev–Trinajstić information content (AvgIpc) is 3.45. The summed E-state index contributed by atoms with van der Waals surface area (Å²) in [5.74, 6) is 0.866. The van der Waals surface area contributed by atoms with Crippen molar-refractivity contribution >= 4 is 34.3 Å². The number of anilines is 1. The van der Waals surface area contributed by atoms with E-state index in [1.165, 1.54) is 31.3 Å². The summed E-state index contributed by atoms with van der Waals surface area (Å²) in [7, 11) is 4.59. The quantitative estimate of drug-likeness (QED) is 0.446. The van der Waals surface area contributed by atoms with Crippen molar-refractivity contribution in [2.24, 2.45) is 0 Å². The molecule has 4 amide bonds. The number of rotatable bonds is 9. The van der Waals surface area contributed by atoms with Gasteiger partial charge >= 0.3 is 6.03 Å². The van der Waals surface area contributed by atoms with Crippen molar-refractivity contribution in [3.8, 4) is 17.2 Å². The van der Waals surface area contributed by atoms with E-state index in [2.05, 4.69) is 10.6 Å². The van der Waals surface area contributed by atoms with E-state index in [1.807, 2.05) is 42.5 Å². The molecule has 0 bridgehead atoms. The number of methoxy groups -OCH3 is 3. The number of hydrazine groups is 1. The summed E-state index contributed by atoms with van der Waals surface area (Å²) in [5, 5.41) is 10.3. The van der Waals surface area contributed by atoms with Crippen LogP contribution in [0.25, 0.3) is 10.8 Å². The largest absolute Gasteiger partial charge is 0.493 e. The minimum atomic E-state index is -0.388. The van der Waals surface area contributed by atoms with Gasteiger partial charge in [-0.2, -0.15) is 0 Å². The van der Waals surface area contributed by atoms with Crippen molar-refractivity contribution in [1.29, 1.82) is 0 Å². The Morgan fingerprint density at radius 1 is 0.868 bits per heavy atom. The number of hydrogen-bond acceptors (Lipinski definition) is 6. The molecular weight excluding hydrogens is 488 g/mol. The topological polar surface area (TPSA) is 109 Å². The molecule has 0 aromatic heterocycles. The first-order chi connectivity index (χ1) is 18.4. The highest BCUT2D eigenvalue weighted by atomic mass is 16.5. The molecule has 1 fully saturated rings. The van der Waals surface area contributed by atoms with Gasteiger partial charge in [-0.05, 0) is 42.0 Å². The van der Waals surface area contributed by atoms with Crippen LogP contribution in [-0.2, 0) is 16.0 Å². The highest BCUT2D eigenvalue weighted by Crippen LogP contribution is 2.38. The van der Waals surface area contributed by atoms with Crippen molar-refractivity contribution < 1.29 is 28.6 Å². The lowest BCUT2D eigenvalue weighted by atomic mass is 10.1. The number of aryl methyl sites for hydroxylation is 1. The van der Waals surface area contributed by atoms with Crippen molar-refractivity contribution in [3.63, 3.8) is 0 Å². The molecule has 1 saturated heterocycles. The first-order valence-corrected chi connectivity index (χ1v) is 12.4. The monoisotopic (exact) mass is 520 g/mol. The lowest BCUT2D eigenvalue weighted by Gasteiger charge is -2.28. The van der Waals surface area contributed by atoms with Crippen LogP contribution in [0.4, 0.5) is 10.5 Å². The molecule has 200 valence electrons. The number of hydrogen-bond donors (Lipinski definition) is 2. The Kier molecular flexibility index (Phi) is 8.52. The molecule has 3 aromatic rings. The number of carbonyl (C=O) groups excluding carboxylic acids is 3. The molecule has 0 radical (unpaired) electrons. The molecule has 1 heterocycles. The Hall–Kier alpha value is -4.47. The number of nitrogens with zero attached hydrogens (tertiary/aromatic N) is 2. The van der Waals surface area contributed by atoms with Crippen molar-refractivity contribution in [1.82, 2.24) is 15.3 Å². The third-order valence-corrected chi connectivity index (χ3v) is 6.39. The van der Waals surface area contributed by atoms with E-state index in [0.717, 1.165) is 16.3 Å². The number of benzene rings is 3. The van der Waals surface area contributed by atoms with E-state index >= 15 is 0 Å². The second-order valence-corrected chi connectivity index (χ2v) is 8.76. The first kappa shape index (κ1) is 26.6.